The first kappa shape index (κ1) is 26.8. The molecule has 3 rings (SSSR count). The average Bonchev–Trinajstić information content (AvgIpc) is 3.13. The molecule has 0 bridgehead atoms. The van der Waals surface area contributed by atoms with Crippen molar-refractivity contribution in [1.29, 1.82) is 0 Å². The van der Waals surface area contributed by atoms with Gasteiger partial charge in [-0.05, 0) is 51.4 Å². The predicted octanol–water partition coefficient (Wildman–Crippen LogP) is 4.10. The van der Waals surface area contributed by atoms with Gasteiger partial charge in [-0.1, -0.05) is 6.92 Å². The standard InChI is InChI=1S/C23H31N3O5S.ClH/c1-5-26-10-9-15-18(13-26)32-23(19(15)21(24)27)25-22(28)14-11-16(29-6-2)20(31-8-4)17(12-14)30-7-3;/h11-12H,5-10,13H2,1-4H3,(H2,24,27)(H,25,28);1H. The van der Waals surface area contributed by atoms with E-state index in [-0.39, 0.29) is 18.3 Å². The van der Waals surface area contributed by atoms with E-state index in [0.717, 1.165) is 36.5 Å². The number of anilines is 1. The molecular weight excluding hydrogens is 466 g/mol. The van der Waals surface area contributed by atoms with Gasteiger partial charge >= 0.3 is 0 Å². The highest BCUT2D eigenvalue weighted by molar-refractivity contribution is 7.17. The summed E-state index contributed by atoms with van der Waals surface area (Å²) in [5.41, 5.74) is 7.39. The fraction of sp³-hybridized carbons (Fsp3) is 0.478. The van der Waals surface area contributed by atoms with Gasteiger partial charge in [-0.25, -0.2) is 0 Å². The number of amides is 2. The van der Waals surface area contributed by atoms with Crippen LogP contribution in [0.15, 0.2) is 12.1 Å². The lowest BCUT2D eigenvalue weighted by atomic mass is 10.0. The number of likely N-dealkylation sites (N-methyl/N-ethyl adjacent to an activating group) is 1. The molecule has 0 fully saturated rings. The van der Waals surface area contributed by atoms with Crippen LogP contribution in [0.25, 0.3) is 0 Å². The van der Waals surface area contributed by atoms with Crippen molar-refractivity contribution in [3.05, 3.63) is 33.7 Å². The van der Waals surface area contributed by atoms with Gasteiger partial charge in [0.1, 0.15) is 5.00 Å². The first-order valence-corrected chi connectivity index (χ1v) is 11.8. The zero-order valence-electron chi connectivity index (χ0n) is 19.5. The number of halogens is 1. The molecule has 1 aromatic heterocycles. The molecule has 2 heterocycles. The van der Waals surface area contributed by atoms with Crippen LogP contribution in [0.1, 0.15) is 58.9 Å². The minimum Gasteiger partial charge on any atom is -0.490 e. The summed E-state index contributed by atoms with van der Waals surface area (Å²) in [6.45, 7) is 11.5. The summed E-state index contributed by atoms with van der Waals surface area (Å²) in [6, 6.07) is 3.26. The molecule has 1 aromatic carbocycles. The van der Waals surface area contributed by atoms with Gasteiger partial charge in [0.15, 0.2) is 11.5 Å². The van der Waals surface area contributed by atoms with E-state index in [1.54, 1.807) is 12.1 Å². The van der Waals surface area contributed by atoms with Crippen molar-refractivity contribution in [3.8, 4) is 17.2 Å². The molecule has 3 N–H and O–H groups in total. The van der Waals surface area contributed by atoms with Crippen LogP contribution in [0, 0.1) is 0 Å². The second-order valence-electron chi connectivity index (χ2n) is 7.25. The van der Waals surface area contributed by atoms with Gasteiger partial charge in [-0.15, -0.1) is 23.7 Å². The fourth-order valence-corrected chi connectivity index (χ4v) is 5.06. The molecule has 1 aliphatic heterocycles. The van der Waals surface area contributed by atoms with Gasteiger partial charge in [-0.3, -0.25) is 14.5 Å². The van der Waals surface area contributed by atoms with Crippen LogP contribution in [0.4, 0.5) is 5.00 Å². The van der Waals surface area contributed by atoms with E-state index in [0.29, 0.717) is 53.2 Å². The van der Waals surface area contributed by atoms with Crippen molar-refractivity contribution in [2.75, 3.05) is 38.2 Å². The summed E-state index contributed by atoms with van der Waals surface area (Å²) in [6.07, 6.45) is 0.736. The highest BCUT2D eigenvalue weighted by Gasteiger charge is 2.28. The number of nitrogens with zero attached hydrogens (tertiary/aromatic N) is 1. The smallest absolute Gasteiger partial charge is 0.256 e. The number of carbonyl (C=O) groups is 2. The number of nitrogens with one attached hydrogen (secondary N) is 1. The Balaban J connectivity index is 0.00000385. The van der Waals surface area contributed by atoms with Crippen LogP contribution in [-0.2, 0) is 13.0 Å². The van der Waals surface area contributed by atoms with Crippen LogP contribution in [0.5, 0.6) is 17.2 Å². The molecule has 0 saturated carbocycles. The van der Waals surface area contributed by atoms with Crippen LogP contribution in [-0.4, -0.2) is 49.6 Å². The molecule has 2 aromatic rings. The first-order chi connectivity index (χ1) is 15.4. The van der Waals surface area contributed by atoms with E-state index in [1.807, 2.05) is 20.8 Å². The number of benzene rings is 1. The van der Waals surface area contributed by atoms with Gasteiger partial charge in [0.2, 0.25) is 5.75 Å². The quantitative estimate of drug-likeness (QED) is 0.512. The van der Waals surface area contributed by atoms with Gasteiger partial charge in [0.25, 0.3) is 11.8 Å². The second kappa shape index (κ2) is 12.1. The van der Waals surface area contributed by atoms with E-state index in [1.165, 1.54) is 11.3 Å². The zero-order chi connectivity index (χ0) is 23.3. The summed E-state index contributed by atoms with van der Waals surface area (Å²) in [4.78, 5) is 28.8. The van der Waals surface area contributed by atoms with Crippen molar-refractivity contribution < 1.29 is 23.8 Å². The van der Waals surface area contributed by atoms with E-state index in [9.17, 15) is 9.59 Å². The van der Waals surface area contributed by atoms with Crippen LogP contribution in [0.3, 0.4) is 0 Å². The fourth-order valence-electron chi connectivity index (χ4n) is 3.77. The van der Waals surface area contributed by atoms with Gasteiger partial charge in [-0.2, -0.15) is 0 Å². The summed E-state index contributed by atoms with van der Waals surface area (Å²) >= 11 is 1.41. The molecule has 0 spiro atoms. The Labute approximate surface area is 204 Å². The molecule has 0 aliphatic carbocycles. The molecule has 8 nitrogen and oxygen atoms in total. The summed E-state index contributed by atoms with van der Waals surface area (Å²) in [5.74, 6) is 0.439. The van der Waals surface area contributed by atoms with Crippen molar-refractivity contribution in [2.24, 2.45) is 5.73 Å². The number of hydrogen-bond acceptors (Lipinski definition) is 7. The minimum atomic E-state index is -0.528. The number of rotatable bonds is 10. The maximum Gasteiger partial charge on any atom is 0.256 e. The molecule has 33 heavy (non-hydrogen) atoms. The van der Waals surface area contributed by atoms with Crippen LogP contribution in [0.2, 0.25) is 0 Å². The Bertz CT molecular complexity index is 968. The Hall–Kier alpha value is -2.49. The Morgan fingerprint density at radius 1 is 1.06 bits per heavy atom. The molecule has 0 atom stereocenters. The summed E-state index contributed by atoms with van der Waals surface area (Å²) < 4.78 is 17.1. The molecule has 10 heteroatoms. The largest absolute Gasteiger partial charge is 0.490 e. The Kier molecular flexibility index (Phi) is 9.82. The summed E-state index contributed by atoms with van der Waals surface area (Å²) in [5, 5.41) is 3.38. The van der Waals surface area contributed by atoms with Crippen LogP contribution < -0.4 is 25.3 Å². The number of carbonyl (C=O) groups excluding carboxylic acids is 2. The number of primary amides is 1. The molecular formula is C23H32ClN3O5S. The zero-order valence-corrected chi connectivity index (χ0v) is 21.1. The Morgan fingerprint density at radius 3 is 2.18 bits per heavy atom. The summed E-state index contributed by atoms with van der Waals surface area (Å²) in [7, 11) is 0. The lowest BCUT2D eigenvalue weighted by Gasteiger charge is -2.25. The molecule has 1 aliphatic rings. The monoisotopic (exact) mass is 497 g/mol. The number of thiophene rings is 1. The minimum absolute atomic E-state index is 0. The van der Waals surface area contributed by atoms with Crippen molar-refractivity contribution >= 4 is 40.6 Å². The highest BCUT2D eigenvalue weighted by Crippen LogP contribution is 2.40. The number of hydrogen-bond donors (Lipinski definition) is 2. The first-order valence-electron chi connectivity index (χ1n) is 11.0. The molecule has 0 radical (unpaired) electrons. The van der Waals surface area contributed by atoms with Crippen LogP contribution >= 0.6 is 23.7 Å². The molecule has 0 unspecified atom stereocenters. The van der Waals surface area contributed by atoms with E-state index >= 15 is 0 Å². The molecule has 2 amide bonds. The second-order valence-corrected chi connectivity index (χ2v) is 8.35. The SMILES string of the molecule is CCOc1cc(C(=O)Nc2sc3c(c2C(N)=O)CCN(CC)C3)cc(OCC)c1OCC.Cl. The topological polar surface area (TPSA) is 103 Å². The normalized spacial score (nSPS) is 13.0. The van der Waals surface area contributed by atoms with E-state index in [2.05, 4.69) is 17.1 Å². The number of ether oxygens (including phenoxy) is 3. The number of fused-ring (bicyclic) bond motifs is 1. The third-order valence-corrected chi connectivity index (χ3v) is 6.36. The van der Waals surface area contributed by atoms with Gasteiger partial charge in [0, 0.05) is 23.5 Å². The number of nitrogens with two attached hydrogens (primary N) is 1. The average molecular weight is 498 g/mol. The van der Waals surface area contributed by atoms with Gasteiger partial charge < -0.3 is 25.3 Å². The third kappa shape index (κ3) is 5.90. The molecule has 0 saturated heterocycles. The third-order valence-electron chi connectivity index (χ3n) is 5.23. The lowest BCUT2D eigenvalue weighted by molar-refractivity contribution is 0.1000. The maximum absolute atomic E-state index is 13.2. The maximum atomic E-state index is 13.2. The molecule has 182 valence electrons. The van der Waals surface area contributed by atoms with Gasteiger partial charge in [0.05, 0.1) is 25.4 Å². The lowest BCUT2D eigenvalue weighted by Crippen LogP contribution is -2.30. The Morgan fingerprint density at radius 2 is 1.67 bits per heavy atom. The van der Waals surface area contributed by atoms with Crippen molar-refractivity contribution in [3.63, 3.8) is 0 Å². The van der Waals surface area contributed by atoms with E-state index in [4.69, 9.17) is 19.9 Å². The van der Waals surface area contributed by atoms with Crippen molar-refractivity contribution in [2.45, 2.75) is 40.7 Å². The predicted molar refractivity (Wildman–Crippen MR) is 133 cm³/mol. The highest BCUT2D eigenvalue weighted by atomic mass is 35.5. The van der Waals surface area contributed by atoms with Crippen molar-refractivity contribution in [1.82, 2.24) is 4.90 Å². The van der Waals surface area contributed by atoms with E-state index < -0.39 is 5.91 Å².